The highest BCUT2D eigenvalue weighted by Gasteiger charge is 2.27. The van der Waals surface area contributed by atoms with Gasteiger partial charge in [-0.05, 0) is 37.3 Å². The van der Waals surface area contributed by atoms with E-state index < -0.39 is 0 Å². The van der Waals surface area contributed by atoms with Crippen LogP contribution in [0.2, 0.25) is 0 Å². The van der Waals surface area contributed by atoms with Gasteiger partial charge >= 0.3 is 0 Å². The molecule has 6 nitrogen and oxygen atoms in total. The highest BCUT2D eigenvalue weighted by molar-refractivity contribution is 7.99. The zero-order valence-electron chi connectivity index (χ0n) is 13.4. The molecule has 2 atom stereocenters. The van der Waals surface area contributed by atoms with Crippen LogP contribution in [0.1, 0.15) is 19.3 Å². The zero-order valence-corrected chi connectivity index (χ0v) is 14.3. The molecule has 1 aromatic heterocycles. The Morgan fingerprint density at radius 3 is 2.87 bits per heavy atom. The van der Waals surface area contributed by atoms with Gasteiger partial charge in [-0.15, -0.1) is 10.2 Å². The van der Waals surface area contributed by atoms with Gasteiger partial charge < -0.3 is 15.3 Å². The van der Waals surface area contributed by atoms with E-state index in [4.69, 9.17) is 15.3 Å². The van der Waals surface area contributed by atoms with E-state index in [9.17, 15) is 0 Å². The Balaban J connectivity index is 1.75. The van der Waals surface area contributed by atoms with Crippen molar-refractivity contribution in [2.24, 2.45) is 5.92 Å². The van der Waals surface area contributed by atoms with Crippen LogP contribution in [-0.4, -0.2) is 40.9 Å². The van der Waals surface area contributed by atoms with E-state index in [1.807, 2.05) is 24.3 Å². The van der Waals surface area contributed by atoms with Crippen LogP contribution in [0.5, 0.6) is 5.75 Å². The Bertz CT molecular complexity index is 661. The number of nitrogens with two attached hydrogens (primary N) is 1. The topological polar surface area (TPSA) is 75.2 Å². The number of nitrogens with zero attached hydrogens (tertiary/aromatic N) is 3. The standard InChI is InChI=1S/C16H22N4O2S/c1-21-10-11-7-8-12(9-11)23-16-19-18-15(20(16)17)13-5-3-4-6-14(13)22-2/h3-6,11-12H,7-10,17H2,1-2H3. The second kappa shape index (κ2) is 7.23. The molecule has 1 heterocycles. The number of para-hydroxylation sites is 1. The van der Waals surface area contributed by atoms with Crippen molar-refractivity contribution in [3.8, 4) is 17.1 Å². The van der Waals surface area contributed by atoms with E-state index in [0.717, 1.165) is 35.9 Å². The number of rotatable bonds is 6. The lowest BCUT2D eigenvalue weighted by Gasteiger charge is -2.11. The number of benzene rings is 1. The van der Waals surface area contributed by atoms with Crippen molar-refractivity contribution in [3.63, 3.8) is 0 Å². The number of thioether (sulfide) groups is 1. The predicted octanol–water partition coefficient (Wildman–Crippen LogP) is 2.57. The smallest absolute Gasteiger partial charge is 0.210 e. The molecule has 1 fully saturated rings. The fourth-order valence-corrected chi connectivity index (χ4v) is 4.25. The van der Waals surface area contributed by atoms with Gasteiger partial charge in [0.2, 0.25) is 5.16 Å². The lowest BCUT2D eigenvalue weighted by molar-refractivity contribution is 0.155. The van der Waals surface area contributed by atoms with Crippen molar-refractivity contribution in [2.45, 2.75) is 29.7 Å². The number of hydrogen-bond acceptors (Lipinski definition) is 6. The largest absolute Gasteiger partial charge is 0.496 e. The summed E-state index contributed by atoms with van der Waals surface area (Å²) in [5.74, 6) is 8.22. The molecule has 1 saturated carbocycles. The molecule has 0 amide bonds. The number of nitrogen functional groups attached to an aromatic ring is 1. The van der Waals surface area contributed by atoms with Crippen LogP contribution in [0.4, 0.5) is 0 Å². The molecule has 0 saturated heterocycles. The van der Waals surface area contributed by atoms with E-state index in [-0.39, 0.29) is 0 Å². The van der Waals surface area contributed by atoms with E-state index in [1.165, 1.54) is 6.42 Å². The summed E-state index contributed by atoms with van der Waals surface area (Å²) in [5, 5.41) is 9.79. The average molecular weight is 334 g/mol. The Labute approximate surface area is 140 Å². The fraction of sp³-hybridized carbons (Fsp3) is 0.500. The quantitative estimate of drug-likeness (QED) is 0.818. The van der Waals surface area contributed by atoms with Gasteiger partial charge in [-0.25, -0.2) is 4.68 Å². The molecule has 0 aliphatic heterocycles. The second-order valence-electron chi connectivity index (χ2n) is 5.75. The maximum absolute atomic E-state index is 6.22. The molecule has 7 heteroatoms. The SMILES string of the molecule is COCC1CCC(Sc2nnc(-c3ccccc3OC)n2N)C1. The van der Waals surface area contributed by atoms with Crippen LogP contribution in [0.25, 0.3) is 11.4 Å². The fourth-order valence-electron chi connectivity index (χ4n) is 3.04. The average Bonchev–Trinajstić information content (AvgIpc) is 3.16. The van der Waals surface area contributed by atoms with Gasteiger partial charge in [0.05, 0.1) is 12.7 Å². The Hall–Kier alpha value is -1.73. The molecule has 1 aliphatic carbocycles. The third kappa shape index (κ3) is 3.45. The molecule has 2 unspecified atom stereocenters. The Morgan fingerprint density at radius 1 is 1.26 bits per heavy atom. The van der Waals surface area contributed by atoms with Gasteiger partial charge in [-0.1, -0.05) is 23.9 Å². The molecular formula is C16H22N4O2S. The first-order chi connectivity index (χ1) is 11.2. The lowest BCUT2D eigenvalue weighted by atomic mass is 10.1. The summed E-state index contributed by atoms with van der Waals surface area (Å²) in [6.45, 7) is 0.832. The number of aromatic nitrogens is 3. The van der Waals surface area contributed by atoms with E-state index in [1.54, 1.807) is 30.7 Å². The van der Waals surface area contributed by atoms with Gasteiger partial charge in [0.15, 0.2) is 5.82 Å². The van der Waals surface area contributed by atoms with Crippen LogP contribution in [-0.2, 0) is 4.74 Å². The first kappa shape index (κ1) is 16.1. The van der Waals surface area contributed by atoms with Crippen LogP contribution in [0.3, 0.4) is 0 Å². The molecule has 2 N–H and O–H groups in total. The van der Waals surface area contributed by atoms with Crippen molar-refractivity contribution in [2.75, 3.05) is 26.7 Å². The molecule has 0 spiro atoms. The Kier molecular flexibility index (Phi) is 5.07. The van der Waals surface area contributed by atoms with Gasteiger partial charge in [0.1, 0.15) is 5.75 Å². The zero-order chi connectivity index (χ0) is 16.2. The van der Waals surface area contributed by atoms with E-state index in [0.29, 0.717) is 17.0 Å². The van der Waals surface area contributed by atoms with Crippen LogP contribution >= 0.6 is 11.8 Å². The second-order valence-corrected chi connectivity index (χ2v) is 7.02. The first-order valence-corrected chi connectivity index (χ1v) is 8.60. The van der Waals surface area contributed by atoms with Crippen molar-refractivity contribution >= 4 is 11.8 Å². The Morgan fingerprint density at radius 2 is 2.09 bits per heavy atom. The molecular weight excluding hydrogens is 312 g/mol. The minimum absolute atomic E-state index is 0.521. The monoisotopic (exact) mass is 334 g/mol. The molecule has 1 aliphatic rings. The third-order valence-electron chi connectivity index (χ3n) is 4.18. The third-order valence-corrected chi connectivity index (χ3v) is 5.43. The lowest BCUT2D eigenvalue weighted by Crippen LogP contribution is -2.13. The molecule has 124 valence electrons. The van der Waals surface area contributed by atoms with E-state index >= 15 is 0 Å². The minimum Gasteiger partial charge on any atom is -0.496 e. The summed E-state index contributed by atoms with van der Waals surface area (Å²) in [7, 11) is 3.40. The number of hydrogen-bond donors (Lipinski definition) is 1. The highest BCUT2D eigenvalue weighted by Crippen LogP contribution is 2.38. The van der Waals surface area contributed by atoms with Crippen LogP contribution < -0.4 is 10.6 Å². The van der Waals surface area contributed by atoms with Crippen molar-refractivity contribution < 1.29 is 9.47 Å². The maximum Gasteiger partial charge on any atom is 0.210 e. The maximum atomic E-state index is 6.22. The summed E-state index contributed by atoms with van der Waals surface area (Å²) in [4.78, 5) is 0. The number of ether oxygens (including phenoxy) is 2. The number of methoxy groups -OCH3 is 2. The van der Waals surface area contributed by atoms with Gasteiger partial charge in [0.25, 0.3) is 0 Å². The van der Waals surface area contributed by atoms with E-state index in [2.05, 4.69) is 10.2 Å². The molecule has 23 heavy (non-hydrogen) atoms. The minimum atomic E-state index is 0.521. The summed E-state index contributed by atoms with van der Waals surface area (Å²) in [6, 6.07) is 7.68. The molecule has 0 bridgehead atoms. The van der Waals surface area contributed by atoms with Crippen molar-refractivity contribution in [1.29, 1.82) is 0 Å². The normalized spacial score (nSPS) is 20.8. The summed E-state index contributed by atoms with van der Waals surface area (Å²) >= 11 is 1.70. The van der Waals surface area contributed by atoms with Crippen molar-refractivity contribution in [3.05, 3.63) is 24.3 Å². The molecule has 1 aromatic carbocycles. The van der Waals surface area contributed by atoms with Gasteiger partial charge in [-0.2, -0.15) is 0 Å². The predicted molar refractivity (Wildman–Crippen MR) is 91.0 cm³/mol. The summed E-state index contributed by atoms with van der Waals surface area (Å²) in [5.41, 5.74) is 0.848. The van der Waals surface area contributed by atoms with Gasteiger partial charge in [-0.3, -0.25) is 0 Å². The molecule has 0 radical (unpaired) electrons. The van der Waals surface area contributed by atoms with Crippen LogP contribution in [0.15, 0.2) is 29.4 Å². The molecule has 2 aromatic rings. The van der Waals surface area contributed by atoms with Gasteiger partial charge in [0, 0.05) is 19.0 Å². The summed E-state index contributed by atoms with van der Waals surface area (Å²) < 4.78 is 12.2. The molecule has 3 rings (SSSR count). The highest BCUT2D eigenvalue weighted by atomic mass is 32.2. The summed E-state index contributed by atoms with van der Waals surface area (Å²) in [6.07, 6.45) is 3.49. The van der Waals surface area contributed by atoms with Crippen molar-refractivity contribution in [1.82, 2.24) is 14.9 Å². The first-order valence-electron chi connectivity index (χ1n) is 7.72. The van der Waals surface area contributed by atoms with Crippen LogP contribution in [0, 0.1) is 5.92 Å².